The monoisotopic (exact) mass is 1160 g/mol. The number of ether oxygens (including phenoxy) is 1. The van der Waals surface area contributed by atoms with Crippen LogP contribution in [-0.2, 0) is 6.18 Å². The molecule has 0 bridgehead atoms. The maximum absolute atomic E-state index is 12.7. The lowest BCUT2D eigenvalue weighted by Gasteiger charge is -2.10. The number of alkyl halides is 3. The van der Waals surface area contributed by atoms with Gasteiger partial charge in [0, 0.05) is 80.6 Å². The molecule has 14 rings (SSSR count). The van der Waals surface area contributed by atoms with E-state index in [2.05, 4.69) is 155 Å². The molecule has 0 atom stereocenters. The predicted molar refractivity (Wildman–Crippen MR) is 351 cm³/mol. The molecule has 12 heteroatoms. The number of aromatic nitrogens is 7. The Bertz CT molecular complexity index is 4400. The van der Waals surface area contributed by atoms with Crippen LogP contribution in [0, 0.1) is 62.3 Å². The lowest BCUT2D eigenvalue weighted by atomic mass is 10.1. The highest BCUT2D eigenvalue weighted by Crippen LogP contribution is 2.35. The van der Waals surface area contributed by atoms with Crippen LogP contribution in [0.25, 0.3) is 76.3 Å². The largest absolute Gasteiger partial charge is 0.494 e. The van der Waals surface area contributed by atoms with Crippen LogP contribution >= 0.6 is 11.6 Å². The molecular weight excluding hydrogens is 1100 g/mol. The van der Waals surface area contributed by atoms with Gasteiger partial charge in [-0.3, -0.25) is 34.9 Å². The highest BCUT2D eigenvalue weighted by atomic mass is 35.5. The third-order valence-corrected chi connectivity index (χ3v) is 14.0. The lowest BCUT2D eigenvalue weighted by molar-refractivity contribution is -0.136. The van der Waals surface area contributed by atoms with E-state index in [-0.39, 0.29) is 5.52 Å². The number of halogens is 4. The van der Waals surface area contributed by atoms with Crippen molar-refractivity contribution in [2.45, 2.75) is 68.5 Å². The minimum Gasteiger partial charge on any atom is -0.494 e. The number of benzene rings is 7. The Labute approximate surface area is 505 Å². The lowest BCUT2D eigenvalue weighted by Crippen LogP contribution is -2.07. The molecule has 0 saturated heterocycles. The van der Waals surface area contributed by atoms with Gasteiger partial charge in [0.25, 0.3) is 0 Å². The van der Waals surface area contributed by atoms with E-state index >= 15 is 0 Å². The molecule has 0 aliphatic rings. The topological polar surface area (TPSA) is 99.5 Å². The minimum absolute atomic E-state index is 0.00981. The van der Waals surface area contributed by atoms with Gasteiger partial charge in [-0.05, 0) is 205 Å². The zero-order valence-electron chi connectivity index (χ0n) is 49.9. The van der Waals surface area contributed by atoms with E-state index in [4.69, 9.17) is 16.3 Å². The first kappa shape index (κ1) is 62.3. The van der Waals surface area contributed by atoms with Gasteiger partial charge in [-0.2, -0.15) is 13.2 Å². The number of aryl methyl sites for hydroxylation is 9. The Morgan fingerprint density at radius 3 is 1.45 bits per heavy atom. The van der Waals surface area contributed by atoms with Crippen LogP contribution in [0.2, 0.25) is 5.02 Å². The van der Waals surface area contributed by atoms with Crippen LogP contribution in [0.4, 0.5) is 13.2 Å². The van der Waals surface area contributed by atoms with E-state index in [1.807, 2.05) is 117 Å². The summed E-state index contributed by atoms with van der Waals surface area (Å²) in [5, 5.41) is 8.41. The fourth-order valence-corrected chi connectivity index (χ4v) is 10.2. The zero-order valence-corrected chi connectivity index (χ0v) is 50.7. The fourth-order valence-electron chi connectivity index (χ4n) is 9.84. The predicted octanol–water partition coefficient (Wildman–Crippen LogP) is 20.1. The minimum atomic E-state index is -4.35. The van der Waals surface area contributed by atoms with E-state index in [1.165, 1.54) is 66.7 Å². The summed E-state index contributed by atoms with van der Waals surface area (Å²) in [7, 11) is 1.67. The molecule has 7 aromatic heterocycles. The summed E-state index contributed by atoms with van der Waals surface area (Å²) in [5.41, 5.74) is 16.0. The molecule has 14 aromatic rings. The van der Waals surface area contributed by atoms with Crippen molar-refractivity contribution < 1.29 is 17.9 Å². The third-order valence-electron chi connectivity index (χ3n) is 13.7. The Kier molecular flexibility index (Phi) is 21.2. The number of nitrogens with zero attached hydrogens (tertiary/aromatic N) is 7. The normalized spacial score (nSPS) is 10.7. The first-order chi connectivity index (χ1) is 41.3. The van der Waals surface area contributed by atoms with Crippen molar-refractivity contribution in [3.05, 3.63) is 286 Å². The zero-order chi connectivity index (χ0) is 61.3. The number of fused-ring (bicyclic) bond motifs is 7. The number of hydrogen-bond acceptors (Lipinski definition) is 8. The molecule has 7 heterocycles. The van der Waals surface area contributed by atoms with Gasteiger partial charge in [-0.25, -0.2) is 0 Å². The molecule has 0 amide bonds. The van der Waals surface area contributed by atoms with Crippen LogP contribution < -0.4 is 4.74 Å². The maximum Gasteiger partial charge on any atom is 0.418 e. The average Bonchev–Trinajstić information content (AvgIpc) is 2.67. The van der Waals surface area contributed by atoms with Crippen LogP contribution in [0.3, 0.4) is 0 Å². The summed E-state index contributed by atoms with van der Waals surface area (Å²) in [4.78, 5) is 29.4. The number of para-hydroxylation sites is 1. The first-order valence-corrected chi connectivity index (χ1v) is 28.3. The second-order valence-electron chi connectivity index (χ2n) is 20.8. The van der Waals surface area contributed by atoms with Gasteiger partial charge < -0.3 is 4.74 Å². The van der Waals surface area contributed by atoms with Crippen LogP contribution in [0.5, 0.6) is 5.75 Å². The smallest absolute Gasteiger partial charge is 0.418 e. The van der Waals surface area contributed by atoms with Gasteiger partial charge in [0.2, 0.25) is 0 Å². The van der Waals surface area contributed by atoms with Gasteiger partial charge in [0.05, 0.1) is 50.8 Å². The highest BCUT2D eigenvalue weighted by molar-refractivity contribution is 6.35. The molecule has 0 aliphatic carbocycles. The van der Waals surface area contributed by atoms with Crippen molar-refractivity contribution in [1.82, 2.24) is 34.9 Å². The summed E-state index contributed by atoms with van der Waals surface area (Å²) >= 11 is 6.00. The summed E-state index contributed by atoms with van der Waals surface area (Å²) in [5.74, 6) is 0.843. The second-order valence-corrected chi connectivity index (χ2v) is 21.3. The summed E-state index contributed by atoms with van der Waals surface area (Å²) < 4.78 is 43.2. The van der Waals surface area contributed by atoms with Crippen molar-refractivity contribution in [1.29, 1.82) is 0 Å². The molecule has 432 valence electrons. The van der Waals surface area contributed by atoms with Crippen molar-refractivity contribution in [3.8, 4) is 5.75 Å². The number of hydrogen-bond donors (Lipinski definition) is 0. The van der Waals surface area contributed by atoms with Crippen molar-refractivity contribution in [2.75, 3.05) is 7.11 Å². The number of pyridine rings is 7. The first-order valence-electron chi connectivity index (χ1n) is 27.9. The standard InChI is InChI=1S/C11H8F3N.C11H11NO.2C11H11N.C10H8ClN.2C10H9N/c1-7-5-8-3-2-4-15-10(8)9(6-7)11(12,13)14;1-8-6-9-4-3-5-12-11(9)10(7-8)13-2;1-8-6-9(2)11-10(7-8)4-3-5-12-11;1-8-7-9(2)12-11-6-4-3-5-10(8)11;1-7-5-8-3-2-4-12-10(8)9(11)6-7;1-8-4-2-6-10-9(8)5-3-7-11-10;1-8-4-5-10-9(7-8)3-2-6-11-10/h2-6H,1H3;3-7H,1-2H3;2*3-7H,1-2H3;2-6H,1H3;2*2-7H,1H3. The van der Waals surface area contributed by atoms with Gasteiger partial charge in [-0.1, -0.05) is 102 Å². The summed E-state index contributed by atoms with van der Waals surface area (Å²) in [6, 6.07) is 61.3. The Morgan fingerprint density at radius 2 is 0.814 bits per heavy atom. The van der Waals surface area contributed by atoms with Crippen LogP contribution in [0.1, 0.15) is 55.8 Å². The summed E-state index contributed by atoms with van der Waals surface area (Å²) in [6.07, 6.45) is 6.03. The molecule has 0 unspecified atom stereocenters. The van der Waals surface area contributed by atoms with Crippen molar-refractivity contribution in [2.24, 2.45) is 0 Å². The molecule has 0 radical (unpaired) electrons. The van der Waals surface area contributed by atoms with Crippen molar-refractivity contribution in [3.63, 3.8) is 0 Å². The molecule has 7 aromatic carbocycles. The molecule has 8 nitrogen and oxygen atoms in total. The second kappa shape index (κ2) is 29.2. The van der Waals surface area contributed by atoms with Crippen LogP contribution in [0.15, 0.2) is 225 Å². The maximum atomic E-state index is 12.7. The molecule has 86 heavy (non-hydrogen) atoms. The molecule has 0 spiro atoms. The van der Waals surface area contributed by atoms with E-state index in [0.717, 1.165) is 66.4 Å². The number of rotatable bonds is 1. The molecule has 0 fully saturated rings. The summed E-state index contributed by atoms with van der Waals surface area (Å²) in [6.45, 7) is 18.3. The molecule has 0 N–H and O–H groups in total. The van der Waals surface area contributed by atoms with Gasteiger partial charge in [-0.15, -0.1) is 0 Å². The van der Waals surface area contributed by atoms with Gasteiger partial charge >= 0.3 is 6.18 Å². The molecule has 0 saturated carbocycles. The van der Waals surface area contributed by atoms with Gasteiger partial charge in [0.1, 0.15) is 11.3 Å². The molecule has 0 aliphatic heterocycles. The van der Waals surface area contributed by atoms with E-state index in [1.54, 1.807) is 44.6 Å². The average molecular weight is 1160 g/mol. The third kappa shape index (κ3) is 16.8. The Morgan fingerprint density at radius 1 is 0.349 bits per heavy atom. The van der Waals surface area contributed by atoms with Crippen molar-refractivity contribution >= 4 is 87.9 Å². The van der Waals surface area contributed by atoms with Crippen LogP contribution in [-0.4, -0.2) is 42.0 Å². The van der Waals surface area contributed by atoms with E-state index < -0.39 is 11.7 Å². The van der Waals surface area contributed by atoms with E-state index in [9.17, 15) is 13.2 Å². The SMILES string of the molecule is COc1cc(C)cc2cccnc12.Cc1cc(C(F)(F)F)c2ncccc2c1.Cc1cc(C)c2ccccc2n1.Cc1cc(C)c2ncccc2c1.Cc1cc(Cl)c2ncccc2c1.Cc1ccc2ncccc2c1.Cc1cccc2ncccc12. The number of methoxy groups -OCH3 is 1. The molecular formula is C74H67ClF3N7O. The van der Waals surface area contributed by atoms with E-state index in [0.29, 0.717) is 10.9 Å². The Balaban J connectivity index is 0.000000131. The highest BCUT2D eigenvalue weighted by Gasteiger charge is 2.33. The fraction of sp³-hybridized carbons (Fsp3) is 0.149. The Hall–Kier alpha value is -9.71. The van der Waals surface area contributed by atoms with Gasteiger partial charge in [0.15, 0.2) is 0 Å². The quantitative estimate of drug-likeness (QED) is 0.160.